The first-order valence-electron chi connectivity index (χ1n) is 15.3. The van der Waals surface area contributed by atoms with Crippen LogP contribution in [0.3, 0.4) is 0 Å². The molecule has 40 heavy (non-hydrogen) atoms. The molecule has 0 bridgehead atoms. The average molecular weight is 541 g/mol. The summed E-state index contributed by atoms with van der Waals surface area (Å²) in [5.41, 5.74) is 3.87. The molecule has 0 saturated carbocycles. The Morgan fingerprint density at radius 2 is 0.900 bits per heavy atom. The molecule has 0 fully saturated rings. The lowest BCUT2D eigenvalue weighted by Crippen LogP contribution is -2.33. The number of carbonyl (C=O) groups excluding carboxylic acids is 2. The predicted octanol–water partition coefficient (Wildman–Crippen LogP) is 7.55. The van der Waals surface area contributed by atoms with Crippen LogP contribution < -0.4 is 10.2 Å². The molecule has 4 heteroatoms. The fourth-order valence-corrected chi connectivity index (χ4v) is 5.82. The highest BCUT2D eigenvalue weighted by Gasteiger charge is 2.26. The van der Waals surface area contributed by atoms with E-state index in [1.54, 1.807) is 0 Å². The van der Waals surface area contributed by atoms with Gasteiger partial charge in [0.15, 0.2) is 0 Å². The molecule has 0 N–H and O–H groups in total. The largest absolute Gasteiger partial charge is 0.545 e. The fraction of sp³-hybridized carbons (Fsp3) is 0.444. The van der Waals surface area contributed by atoms with Gasteiger partial charge in [0.25, 0.3) is 0 Å². The van der Waals surface area contributed by atoms with Gasteiger partial charge in [0.1, 0.15) is 0 Å². The number of hydrogen-bond acceptors (Lipinski definition) is 4. The highest BCUT2D eigenvalue weighted by atomic mass is 16.4. The molecule has 0 unspecified atom stereocenters. The summed E-state index contributed by atoms with van der Waals surface area (Å²) < 4.78 is 0. The minimum Gasteiger partial charge on any atom is -0.545 e. The summed E-state index contributed by atoms with van der Waals surface area (Å²) in [4.78, 5) is 25.5. The van der Waals surface area contributed by atoms with Crippen molar-refractivity contribution in [1.82, 2.24) is 0 Å². The molecule has 214 valence electrons. The van der Waals surface area contributed by atoms with Gasteiger partial charge in [-0.05, 0) is 59.1 Å². The fourth-order valence-electron chi connectivity index (χ4n) is 5.82. The zero-order chi connectivity index (χ0) is 28.7. The van der Waals surface area contributed by atoms with Crippen LogP contribution in [0.15, 0.2) is 60.7 Å². The summed E-state index contributed by atoms with van der Waals surface area (Å²) in [6, 6.07) is 19.0. The van der Waals surface area contributed by atoms with Crippen LogP contribution in [0.1, 0.15) is 123 Å². The van der Waals surface area contributed by atoms with E-state index in [2.05, 4.69) is 13.8 Å². The van der Waals surface area contributed by atoms with Crippen LogP contribution >= 0.6 is 0 Å². The lowest BCUT2D eigenvalue weighted by Gasteiger charge is -2.28. The second kappa shape index (κ2) is 16.6. The third-order valence-electron chi connectivity index (χ3n) is 7.81. The molecule has 0 spiro atoms. The van der Waals surface area contributed by atoms with Gasteiger partial charge >= 0.3 is 0 Å². The molecule has 0 radical (unpaired) electrons. The Labute approximate surface area is 240 Å². The quantitative estimate of drug-likeness (QED) is 0.156. The SMILES string of the molecule is CCCCCCCCc1c(CCCCCCCC)c(-c2ccccc2)c(-c2ccccc2)c(C(=O)[O-])c1C(=O)[O-]. The highest BCUT2D eigenvalue weighted by Crippen LogP contribution is 2.43. The van der Waals surface area contributed by atoms with E-state index in [0.717, 1.165) is 68.1 Å². The Bertz CT molecular complexity index is 1210. The van der Waals surface area contributed by atoms with Crippen molar-refractivity contribution in [3.63, 3.8) is 0 Å². The first kappa shape index (κ1) is 31.1. The number of carboxylic acid groups (broad SMARTS) is 2. The smallest absolute Gasteiger partial charge is 0.0728 e. The van der Waals surface area contributed by atoms with Crippen LogP contribution in [0.4, 0.5) is 0 Å². The van der Waals surface area contributed by atoms with Gasteiger partial charge in [0.2, 0.25) is 0 Å². The Hall–Kier alpha value is -3.40. The molecule has 0 aliphatic carbocycles. The molecule has 0 amide bonds. The summed E-state index contributed by atoms with van der Waals surface area (Å²) in [5.74, 6) is -2.92. The van der Waals surface area contributed by atoms with Crippen LogP contribution in [0, 0.1) is 0 Å². The van der Waals surface area contributed by atoms with Gasteiger partial charge in [0.05, 0.1) is 11.9 Å². The highest BCUT2D eigenvalue weighted by molar-refractivity contribution is 6.10. The average Bonchev–Trinajstić information content (AvgIpc) is 2.96. The van der Waals surface area contributed by atoms with Crippen LogP contribution in [0.5, 0.6) is 0 Å². The summed E-state index contributed by atoms with van der Waals surface area (Å²) >= 11 is 0. The van der Waals surface area contributed by atoms with E-state index in [1.807, 2.05) is 60.7 Å². The minimum atomic E-state index is -1.48. The van der Waals surface area contributed by atoms with Crippen LogP contribution in [0.2, 0.25) is 0 Å². The third kappa shape index (κ3) is 8.30. The van der Waals surface area contributed by atoms with Crippen LogP contribution in [0.25, 0.3) is 22.3 Å². The maximum atomic E-state index is 12.8. The number of benzene rings is 3. The summed E-state index contributed by atoms with van der Waals surface area (Å²) in [6.45, 7) is 4.38. The molecule has 3 aromatic carbocycles. The van der Waals surface area contributed by atoms with Crippen molar-refractivity contribution in [2.24, 2.45) is 0 Å². The molecule has 0 atom stereocenters. The van der Waals surface area contributed by atoms with Gasteiger partial charge in [-0.15, -0.1) is 0 Å². The van der Waals surface area contributed by atoms with Gasteiger partial charge < -0.3 is 19.8 Å². The Kier molecular flexibility index (Phi) is 13.0. The van der Waals surface area contributed by atoms with Crippen molar-refractivity contribution in [3.8, 4) is 22.3 Å². The second-order valence-electron chi connectivity index (χ2n) is 10.8. The number of hydrogen-bond donors (Lipinski definition) is 0. The van der Waals surface area contributed by atoms with Crippen molar-refractivity contribution in [2.45, 2.75) is 104 Å². The Morgan fingerprint density at radius 3 is 1.35 bits per heavy atom. The molecule has 3 aromatic rings. The molecule has 0 aromatic heterocycles. The first-order chi connectivity index (χ1) is 19.5. The van der Waals surface area contributed by atoms with E-state index >= 15 is 0 Å². The molecule has 0 aliphatic rings. The van der Waals surface area contributed by atoms with Gasteiger partial charge in [-0.25, -0.2) is 0 Å². The van der Waals surface area contributed by atoms with Crippen molar-refractivity contribution in [1.29, 1.82) is 0 Å². The zero-order valence-electron chi connectivity index (χ0n) is 24.3. The summed E-state index contributed by atoms with van der Waals surface area (Å²) in [6.07, 6.45) is 14.3. The predicted molar refractivity (Wildman–Crippen MR) is 160 cm³/mol. The van der Waals surface area contributed by atoms with Crippen molar-refractivity contribution in [3.05, 3.63) is 82.9 Å². The number of carboxylic acids is 2. The summed E-state index contributed by atoms with van der Waals surface area (Å²) in [7, 11) is 0. The van der Waals surface area contributed by atoms with E-state index < -0.39 is 11.9 Å². The molecular weight excluding hydrogens is 496 g/mol. The Morgan fingerprint density at radius 1 is 0.500 bits per heavy atom. The molecule has 0 saturated heterocycles. The standard InChI is InChI=1S/C36H46O4/c1-3-5-7-9-11-19-25-29-30(26-20-12-10-8-6-4-2)33(35(37)38)34(36(39)40)32(28-23-17-14-18-24-28)31(29)27-21-15-13-16-22-27/h13-18,21-24H,3-12,19-20,25-26H2,1-2H3,(H,37,38)(H,39,40)/p-2. The molecule has 3 rings (SSSR count). The van der Waals surface area contributed by atoms with Crippen molar-refractivity contribution in [2.75, 3.05) is 0 Å². The number of aromatic carboxylic acids is 2. The van der Waals surface area contributed by atoms with Gasteiger partial charge in [-0.3, -0.25) is 0 Å². The maximum Gasteiger partial charge on any atom is 0.0728 e. The van der Waals surface area contributed by atoms with Crippen LogP contribution in [-0.4, -0.2) is 11.9 Å². The minimum absolute atomic E-state index is 0.201. The molecule has 0 heterocycles. The zero-order valence-corrected chi connectivity index (χ0v) is 24.3. The monoisotopic (exact) mass is 540 g/mol. The molecule has 4 nitrogen and oxygen atoms in total. The van der Waals surface area contributed by atoms with Gasteiger partial charge in [0, 0.05) is 11.1 Å². The van der Waals surface area contributed by atoms with Gasteiger partial charge in [-0.2, -0.15) is 0 Å². The second-order valence-corrected chi connectivity index (χ2v) is 10.8. The lowest BCUT2D eigenvalue weighted by atomic mass is 9.78. The molecular formula is C36H44O4-2. The number of carbonyl (C=O) groups is 2. The summed E-state index contributed by atoms with van der Waals surface area (Å²) in [5, 5.41) is 25.5. The van der Waals surface area contributed by atoms with Gasteiger partial charge in [-0.1, -0.05) is 139 Å². The van der Waals surface area contributed by atoms with Crippen molar-refractivity contribution >= 4 is 11.9 Å². The van der Waals surface area contributed by atoms with Crippen molar-refractivity contribution < 1.29 is 19.8 Å². The lowest BCUT2D eigenvalue weighted by molar-refractivity contribution is -0.259. The van der Waals surface area contributed by atoms with E-state index in [-0.39, 0.29) is 11.1 Å². The first-order valence-corrected chi connectivity index (χ1v) is 15.3. The van der Waals surface area contributed by atoms with Crippen LogP contribution in [-0.2, 0) is 12.8 Å². The Balaban J connectivity index is 2.24. The van der Waals surface area contributed by atoms with E-state index in [9.17, 15) is 19.8 Å². The third-order valence-corrected chi connectivity index (χ3v) is 7.81. The van der Waals surface area contributed by atoms with E-state index in [1.165, 1.54) is 25.7 Å². The van der Waals surface area contributed by atoms with E-state index in [0.29, 0.717) is 29.5 Å². The molecule has 0 aliphatic heterocycles. The topological polar surface area (TPSA) is 80.3 Å². The number of unbranched alkanes of at least 4 members (excludes halogenated alkanes) is 10. The number of rotatable bonds is 18. The normalized spacial score (nSPS) is 11.1. The maximum absolute atomic E-state index is 12.8. The van der Waals surface area contributed by atoms with E-state index in [4.69, 9.17) is 0 Å².